The van der Waals surface area contributed by atoms with Gasteiger partial charge in [-0.3, -0.25) is 14.4 Å². The zero-order chi connectivity index (χ0) is 40.0. The fraction of sp³-hybridized carbons (Fsp3) is 0.700. The Morgan fingerprint density at radius 3 is 2.19 bits per heavy atom. The van der Waals surface area contributed by atoms with Crippen molar-refractivity contribution in [3.8, 4) is 0 Å². The lowest BCUT2D eigenvalue weighted by Crippen LogP contribution is -2.82. The minimum Gasteiger partial charge on any atom is -0.457 e. The number of ketones is 1. The summed E-state index contributed by atoms with van der Waals surface area (Å²) in [6, 6.07) is 8.23. The molecule has 3 aliphatic carbocycles. The fourth-order valence-electron chi connectivity index (χ4n) is 10.5. The minimum atomic E-state index is -2.71. The van der Waals surface area contributed by atoms with Crippen LogP contribution in [0.15, 0.2) is 41.5 Å². The highest BCUT2D eigenvalue weighted by Crippen LogP contribution is 2.65. The SMILES string of the molecule is CN[C@@H](C)[C@@H](C)C(=O)O[C@H]1C[C@@]2(O)[C@@H](OC(=O)c3ccccc3)C3[C@]4(C)C(=O)[C@H](O[Si](C)(C)C[Si](C)(C)O[C@H]4C[C@H]4OC[C@@]34OC(C)=O)C(=C1C)C2(C)C. The van der Waals surface area contributed by atoms with E-state index in [1.54, 1.807) is 51.2 Å². The number of carbonyl (C=O) groups is 4. The third kappa shape index (κ3) is 6.37. The molecule has 11 atom stereocenters. The lowest BCUT2D eigenvalue weighted by atomic mass is 9.44. The molecule has 1 aromatic carbocycles. The van der Waals surface area contributed by atoms with Crippen LogP contribution in [0, 0.1) is 22.7 Å². The third-order valence-corrected chi connectivity index (χ3v) is 22.1. The molecule has 54 heavy (non-hydrogen) atoms. The molecule has 0 aromatic heterocycles. The first-order valence-electron chi connectivity index (χ1n) is 19.2. The number of fused-ring (bicyclic) bond motifs is 6. The Morgan fingerprint density at radius 2 is 1.61 bits per heavy atom. The molecule has 2 saturated carbocycles. The molecule has 0 amide bonds. The normalized spacial score (nSPS) is 38.7. The molecule has 1 unspecified atom stereocenters. The lowest BCUT2D eigenvalue weighted by Gasteiger charge is -2.68. The highest BCUT2D eigenvalue weighted by molar-refractivity contribution is 6.89. The summed E-state index contributed by atoms with van der Waals surface area (Å²) in [6.07, 6.45) is -5.04. The van der Waals surface area contributed by atoms with Crippen LogP contribution in [-0.4, -0.2) is 107 Å². The second-order valence-electron chi connectivity index (χ2n) is 18.3. The standard InChI is InChI=1S/C40H59NO11Si2/c1-22(24(3)41-8)35(44)48-27-19-40(46)34(49-36(45)26-16-14-13-15-17-26)32-38(7)28(18-29-39(32,20-47-29)50-25(4)42)51-53(9,10)21-54(11,12)52-31(33(38)43)30(23(27)2)37(40,5)6/h13-17,22,24,27-29,31-32,34,41,46H,18-21H2,1-12H3/t22-,24+,27+,28+,29-,31-,32?,34+,38-,39+,40-/m1/s1. The monoisotopic (exact) mass is 785 g/mol. The Balaban J connectivity index is 1.68. The van der Waals surface area contributed by atoms with Crippen LogP contribution in [-0.2, 0) is 42.2 Å². The predicted octanol–water partition coefficient (Wildman–Crippen LogP) is 4.89. The van der Waals surface area contributed by atoms with Crippen LogP contribution in [0.5, 0.6) is 0 Å². The number of nitrogens with one attached hydrogen (secondary N) is 1. The van der Waals surface area contributed by atoms with E-state index in [-0.39, 0.29) is 36.8 Å². The van der Waals surface area contributed by atoms with E-state index in [1.807, 2.05) is 27.7 Å². The van der Waals surface area contributed by atoms with Crippen molar-refractivity contribution >= 4 is 40.3 Å². The maximum Gasteiger partial charge on any atom is 0.338 e. The summed E-state index contributed by atoms with van der Waals surface area (Å²) < 4.78 is 39.8. The van der Waals surface area contributed by atoms with Crippen molar-refractivity contribution < 1.29 is 52.1 Å². The minimum absolute atomic E-state index is 0.0838. The third-order valence-electron chi connectivity index (χ3n) is 13.5. The average molecular weight is 786 g/mol. The van der Waals surface area contributed by atoms with Crippen LogP contribution < -0.4 is 5.32 Å². The van der Waals surface area contributed by atoms with Crippen LogP contribution in [0.1, 0.15) is 71.7 Å². The van der Waals surface area contributed by atoms with Crippen LogP contribution in [0.25, 0.3) is 0 Å². The zero-order valence-corrected chi connectivity index (χ0v) is 35.9. The van der Waals surface area contributed by atoms with Crippen molar-refractivity contribution in [2.45, 2.75) is 141 Å². The second kappa shape index (κ2) is 13.7. The molecule has 2 saturated heterocycles. The van der Waals surface area contributed by atoms with Gasteiger partial charge in [0.1, 0.15) is 30.0 Å². The molecular formula is C40H59NO11Si2. The summed E-state index contributed by atoms with van der Waals surface area (Å²) in [5.41, 5.74) is -4.28. The Hall–Kier alpha value is -2.73. The predicted molar refractivity (Wildman–Crippen MR) is 204 cm³/mol. The smallest absolute Gasteiger partial charge is 0.338 e. The molecular weight excluding hydrogens is 727 g/mol. The maximum atomic E-state index is 16.0. The Morgan fingerprint density at radius 1 is 0.981 bits per heavy atom. The van der Waals surface area contributed by atoms with E-state index in [2.05, 4.69) is 31.5 Å². The van der Waals surface area contributed by atoms with Gasteiger partial charge in [0.25, 0.3) is 0 Å². The fourth-order valence-corrected chi connectivity index (χ4v) is 21.4. The van der Waals surface area contributed by atoms with E-state index in [1.165, 1.54) is 6.92 Å². The van der Waals surface area contributed by atoms with Crippen molar-refractivity contribution in [2.75, 3.05) is 13.7 Å². The Bertz CT molecular complexity index is 1730. The van der Waals surface area contributed by atoms with Crippen molar-refractivity contribution in [1.29, 1.82) is 0 Å². The lowest BCUT2D eigenvalue weighted by molar-refractivity contribution is -0.344. The highest BCUT2D eigenvalue weighted by atomic mass is 28.4. The van der Waals surface area contributed by atoms with Crippen LogP contribution in [0.3, 0.4) is 0 Å². The van der Waals surface area contributed by atoms with Crippen LogP contribution >= 0.6 is 0 Å². The Kier molecular flexibility index (Phi) is 10.4. The molecule has 2 heterocycles. The molecule has 1 aromatic rings. The van der Waals surface area contributed by atoms with Gasteiger partial charge in [0.15, 0.2) is 28.0 Å². The first kappa shape index (κ1) is 40.9. The number of hydrogen-bond acceptors (Lipinski definition) is 12. The van der Waals surface area contributed by atoms with Gasteiger partial charge < -0.3 is 38.2 Å². The molecule has 4 bridgehead atoms. The summed E-state index contributed by atoms with van der Waals surface area (Å²) in [4.78, 5) is 57.3. The van der Waals surface area contributed by atoms with Gasteiger partial charge in [-0.2, -0.15) is 0 Å². The first-order chi connectivity index (χ1) is 25.0. The second-order valence-corrected chi connectivity index (χ2v) is 27.3. The first-order valence-corrected chi connectivity index (χ1v) is 25.5. The molecule has 0 radical (unpaired) electrons. The average Bonchev–Trinajstić information content (AvgIpc) is 3.09. The van der Waals surface area contributed by atoms with Gasteiger partial charge >= 0.3 is 17.9 Å². The van der Waals surface area contributed by atoms with Crippen molar-refractivity contribution in [2.24, 2.45) is 22.7 Å². The number of esters is 3. The van der Waals surface area contributed by atoms with Gasteiger partial charge in [-0.25, -0.2) is 4.79 Å². The van der Waals surface area contributed by atoms with Gasteiger partial charge in [-0.1, -0.05) is 39.0 Å². The molecule has 5 aliphatic rings. The van der Waals surface area contributed by atoms with E-state index in [0.717, 1.165) is 0 Å². The summed E-state index contributed by atoms with van der Waals surface area (Å²) >= 11 is 0. The molecule has 2 aliphatic heterocycles. The molecule has 298 valence electrons. The van der Waals surface area contributed by atoms with E-state index >= 15 is 4.79 Å². The van der Waals surface area contributed by atoms with Crippen LogP contribution in [0.2, 0.25) is 31.9 Å². The van der Waals surface area contributed by atoms with Crippen molar-refractivity contribution in [3.63, 3.8) is 0 Å². The van der Waals surface area contributed by atoms with Crippen LogP contribution in [0.4, 0.5) is 0 Å². The summed E-state index contributed by atoms with van der Waals surface area (Å²) in [5, 5.41) is 16.9. The molecule has 4 fully saturated rings. The maximum absolute atomic E-state index is 16.0. The Labute approximate surface area is 321 Å². The molecule has 0 spiro atoms. The number of rotatable bonds is 7. The van der Waals surface area contributed by atoms with E-state index in [0.29, 0.717) is 16.8 Å². The number of benzene rings is 1. The quantitative estimate of drug-likeness (QED) is 0.167. The van der Waals surface area contributed by atoms with Crippen molar-refractivity contribution in [1.82, 2.24) is 5.32 Å². The van der Waals surface area contributed by atoms with Gasteiger partial charge in [-0.15, -0.1) is 0 Å². The highest BCUT2D eigenvalue weighted by Gasteiger charge is 2.79. The van der Waals surface area contributed by atoms with E-state index in [9.17, 15) is 19.5 Å². The molecule has 12 nitrogen and oxygen atoms in total. The molecule has 6 rings (SSSR count). The topological polar surface area (TPSA) is 156 Å². The van der Waals surface area contributed by atoms with E-state index < -0.39 is 98.9 Å². The summed E-state index contributed by atoms with van der Waals surface area (Å²) in [7, 11) is -3.53. The van der Waals surface area contributed by atoms with Crippen molar-refractivity contribution in [3.05, 3.63) is 47.0 Å². The zero-order valence-electron chi connectivity index (χ0n) is 33.9. The van der Waals surface area contributed by atoms with Gasteiger partial charge in [0.05, 0.1) is 35.5 Å². The number of Topliss-reactive ketones (excluding diaryl/α,β-unsaturated/α-hetero) is 1. The molecule has 14 heteroatoms. The van der Waals surface area contributed by atoms with E-state index in [4.69, 9.17) is 27.8 Å². The van der Waals surface area contributed by atoms with Gasteiger partial charge in [0, 0.05) is 31.2 Å². The van der Waals surface area contributed by atoms with Gasteiger partial charge in [0.2, 0.25) is 0 Å². The number of aliphatic hydroxyl groups is 1. The number of ether oxygens (including phenoxy) is 4. The summed E-state index contributed by atoms with van der Waals surface area (Å²) in [6.45, 7) is 20.6. The largest absolute Gasteiger partial charge is 0.457 e. The number of carbonyl (C=O) groups excluding carboxylic acids is 4. The molecule has 2 N–H and O–H groups in total. The summed E-state index contributed by atoms with van der Waals surface area (Å²) in [5.74, 6) is -3.82. The van der Waals surface area contributed by atoms with Gasteiger partial charge in [-0.05, 0) is 83.0 Å². The number of hydrogen-bond donors (Lipinski definition) is 2.